The van der Waals surface area contributed by atoms with Crippen LogP contribution in [-0.2, 0) is 17.5 Å². The zero-order valence-corrected chi connectivity index (χ0v) is 13.7. The molecule has 2 rings (SSSR count). The summed E-state index contributed by atoms with van der Waals surface area (Å²) in [7, 11) is 1.77. The maximum atomic E-state index is 12.8. The smallest absolute Gasteiger partial charge is 0.325 e. The van der Waals surface area contributed by atoms with E-state index in [1.54, 1.807) is 23.3 Å². The van der Waals surface area contributed by atoms with Gasteiger partial charge >= 0.3 is 6.18 Å². The van der Waals surface area contributed by atoms with Crippen molar-refractivity contribution < 1.29 is 18.0 Å². The second-order valence-electron chi connectivity index (χ2n) is 4.99. The molecule has 0 aliphatic rings. The Kier molecular flexibility index (Phi) is 5.67. The standard InChI is InChI=1S/C15H14ClF3N2OS/c1-21(8-11-3-2-6-23-11)9-14(22)20-10-4-5-13(16)12(7-10)15(17,18)19/h2-7H,8-9H2,1H3,(H,20,22). The Morgan fingerprint density at radius 3 is 2.70 bits per heavy atom. The number of nitrogens with zero attached hydrogens (tertiary/aromatic N) is 1. The van der Waals surface area contributed by atoms with Gasteiger partial charge < -0.3 is 5.32 Å². The first kappa shape index (κ1) is 17.8. The minimum Gasteiger partial charge on any atom is -0.325 e. The van der Waals surface area contributed by atoms with E-state index in [1.807, 2.05) is 17.5 Å². The molecule has 0 atom stereocenters. The van der Waals surface area contributed by atoms with Crippen LogP contribution in [0.2, 0.25) is 5.02 Å². The summed E-state index contributed by atoms with van der Waals surface area (Å²) in [4.78, 5) is 14.8. The van der Waals surface area contributed by atoms with Crippen molar-refractivity contribution in [3.8, 4) is 0 Å². The van der Waals surface area contributed by atoms with E-state index < -0.39 is 16.8 Å². The second-order valence-corrected chi connectivity index (χ2v) is 6.43. The van der Waals surface area contributed by atoms with Gasteiger partial charge in [0.25, 0.3) is 0 Å². The number of thiophene rings is 1. The quantitative estimate of drug-likeness (QED) is 0.849. The number of halogens is 4. The highest BCUT2D eigenvalue weighted by molar-refractivity contribution is 7.09. The average Bonchev–Trinajstić information content (AvgIpc) is 2.92. The molecule has 1 heterocycles. The normalized spacial score (nSPS) is 11.7. The molecule has 3 nitrogen and oxygen atoms in total. The van der Waals surface area contributed by atoms with Crippen LogP contribution in [0.25, 0.3) is 0 Å². The van der Waals surface area contributed by atoms with Gasteiger partial charge in [-0.25, -0.2) is 0 Å². The highest BCUT2D eigenvalue weighted by Crippen LogP contribution is 2.36. The lowest BCUT2D eigenvalue weighted by atomic mass is 10.2. The van der Waals surface area contributed by atoms with Gasteiger partial charge in [0.1, 0.15) is 0 Å². The summed E-state index contributed by atoms with van der Waals surface area (Å²) in [5, 5.41) is 4.00. The number of benzene rings is 1. The van der Waals surface area contributed by atoms with Crippen LogP contribution in [0, 0.1) is 0 Å². The summed E-state index contributed by atoms with van der Waals surface area (Å²) < 4.78 is 38.4. The number of hydrogen-bond acceptors (Lipinski definition) is 3. The molecule has 0 fully saturated rings. The molecule has 8 heteroatoms. The fourth-order valence-corrected chi connectivity index (χ4v) is 3.00. The maximum absolute atomic E-state index is 12.8. The van der Waals surface area contributed by atoms with Crippen LogP contribution in [0.5, 0.6) is 0 Å². The molecule has 0 saturated carbocycles. The third-order valence-corrected chi connectivity index (χ3v) is 4.17. The van der Waals surface area contributed by atoms with E-state index in [0.717, 1.165) is 17.0 Å². The number of likely N-dealkylation sites (N-methyl/N-ethyl adjacent to an activating group) is 1. The van der Waals surface area contributed by atoms with E-state index in [2.05, 4.69) is 5.32 Å². The van der Waals surface area contributed by atoms with Gasteiger partial charge in [-0.15, -0.1) is 11.3 Å². The lowest BCUT2D eigenvalue weighted by Crippen LogP contribution is -2.29. The number of amides is 1. The van der Waals surface area contributed by atoms with Crippen molar-refractivity contribution in [1.82, 2.24) is 4.90 Å². The second kappa shape index (κ2) is 7.33. The van der Waals surface area contributed by atoms with E-state index in [0.29, 0.717) is 6.54 Å². The number of alkyl halides is 3. The molecule has 1 aromatic carbocycles. The number of carbonyl (C=O) groups is 1. The van der Waals surface area contributed by atoms with Crippen LogP contribution < -0.4 is 5.32 Å². The fraction of sp³-hybridized carbons (Fsp3) is 0.267. The van der Waals surface area contributed by atoms with Gasteiger partial charge in [0.2, 0.25) is 5.91 Å². The highest BCUT2D eigenvalue weighted by Gasteiger charge is 2.33. The summed E-state index contributed by atoms with van der Waals surface area (Å²) in [5.41, 5.74) is -0.903. The van der Waals surface area contributed by atoms with Gasteiger partial charge in [-0.2, -0.15) is 13.2 Å². The number of rotatable bonds is 5. The number of carbonyl (C=O) groups excluding carboxylic acids is 1. The third kappa shape index (κ3) is 5.23. The molecule has 124 valence electrons. The summed E-state index contributed by atoms with van der Waals surface area (Å²) >= 11 is 7.12. The van der Waals surface area contributed by atoms with E-state index in [9.17, 15) is 18.0 Å². The van der Waals surface area contributed by atoms with Crippen molar-refractivity contribution in [2.75, 3.05) is 18.9 Å². The lowest BCUT2D eigenvalue weighted by molar-refractivity contribution is -0.137. The van der Waals surface area contributed by atoms with Crippen LogP contribution in [-0.4, -0.2) is 24.4 Å². The molecule has 23 heavy (non-hydrogen) atoms. The van der Waals surface area contributed by atoms with Crippen molar-refractivity contribution >= 4 is 34.5 Å². The molecule has 1 amide bonds. The zero-order valence-electron chi connectivity index (χ0n) is 12.2. The SMILES string of the molecule is CN(CC(=O)Nc1ccc(Cl)c(C(F)(F)F)c1)Cc1cccs1. The summed E-state index contributed by atoms with van der Waals surface area (Å²) in [6.45, 7) is 0.668. The summed E-state index contributed by atoms with van der Waals surface area (Å²) in [5.74, 6) is -0.389. The molecule has 0 unspecified atom stereocenters. The first-order chi connectivity index (χ1) is 10.8. The molecule has 2 aromatic rings. The van der Waals surface area contributed by atoms with Gasteiger partial charge in [0.15, 0.2) is 0 Å². The Morgan fingerprint density at radius 2 is 2.09 bits per heavy atom. The molecule has 0 bridgehead atoms. The minimum absolute atomic E-state index is 0.0660. The van der Waals surface area contributed by atoms with Crippen LogP contribution in [0.15, 0.2) is 35.7 Å². The van der Waals surface area contributed by atoms with Crippen molar-refractivity contribution in [3.63, 3.8) is 0 Å². The summed E-state index contributed by atoms with van der Waals surface area (Å²) in [6.07, 6.45) is -4.56. The van der Waals surface area contributed by atoms with Gasteiger partial charge in [0, 0.05) is 17.1 Å². The first-order valence-electron chi connectivity index (χ1n) is 6.63. The van der Waals surface area contributed by atoms with Gasteiger partial charge in [-0.05, 0) is 36.7 Å². The van der Waals surface area contributed by atoms with Crippen LogP contribution >= 0.6 is 22.9 Å². The molecule has 1 aromatic heterocycles. The largest absolute Gasteiger partial charge is 0.417 e. The predicted octanol–water partition coefficient (Wildman–Crippen LogP) is 4.49. The van der Waals surface area contributed by atoms with Crippen LogP contribution in [0.3, 0.4) is 0 Å². The number of anilines is 1. The van der Waals surface area contributed by atoms with Gasteiger partial charge in [0.05, 0.1) is 17.1 Å². The molecule has 0 saturated heterocycles. The monoisotopic (exact) mass is 362 g/mol. The Labute approximate surface area is 140 Å². The lowest BCUT2D eigenvalue weighted by Gasteiger charge is -2.16. The first-order valence-corrected chi connectivity index (χ1v) is 7.89. The Hall–Kier alpha value is -1.57. The predicted molar refractivity (Wildman–Crippen MR) is 85.7 cm³/mol. The highest BCUT2D eigenvalue weighted by atomic mass is 35.5. The van der Waals surface area contributed by atoms with E-state index in [1.165, 1.54) is 6.07 Å². The summed E-state index contributed by atoms with van der Waals surface area (Å²) in [6, 6.07) is 7.16. The fourth-order valence-electron chi connectivity index (χ4n) is 1.99. The molecule has 1 N–H and O–H groups in total. The van der Waals surface area contributed by atoms with E-state index >= 15 is 0 Å². The van der Waals surface area contributed by atoms with Gasteiger partial charge in [-0.1, -0.05) is 17.7 Å². The number of hydrogen-bond donors (Lipinski definition) is 1. The topological polar surface area (TPSA) is 32.3 Å². The molecule has 0 aliphatic carbocycles. The van der Waals surface area contributed by atoms with Crippen molar-refractivity contribution in [2.45, 2.75) is 12.7 Å². The third-order valence-electron chi connectivity index (χ3n) is 2.97. The van der Waals surface area contributed by atoms with Crippen molar-refractivity contribution in [2.24, 2.45) is 0 Å². The Morgan fingerprint density at radius 1 is 1.35 bits per heavy atom. The number of nitrogens with one attached hydrogen (secondary N) is 1. The van der Waals surface area contributed by atoms with Crippen LogP contribution in [0.1, 0.15) is 10.4 Å². The van der Waals surface area contributed by atoms with Gasteiger partial charge in [-0.3, -0.25) is 9.69 Å². The average molecular weight is 363 g/mol. The molecule has 0 radical (unpaired) electrons. The molecule has 0 spiro atoms. The maximum Gasteiger partial charge on any atom is 0.417 e. The minimum atomic E-state index is -4.56. The molecular weight excluding hydrogens is 349 g/mol. The van der Waals surface area contributed by atoms with E-state index in [4.69, 9.17) is 11.6 Å². The molecule has 0 aliphatic heterocycles. The Balaban J connectivity index is 1.97. The van der Waals surface area contributed by atoms with E-state index in [-0.39, 0.29) is 18.1 Å². The Bertz CT molecular complexity index is 674. The van der Waals surface area contributed by atoms with Crippen molar-refractivity contribution in [1.29, 1.82) is 0 Å². The van der Waals surface area contributed by atoms with Crippen molar-refractivity contribution in [3.05, 3.63) is 51.2 Å². The van der Waals surface area contributed by atoms with Crippen LogP contribution in [0.4, 0.5) is 18.9 Å². The molecular formula is C15H14ClF3N2OS. The zero-order chi connectivity index (χ0) is 17.0.